The Kier molecular flexibility index (Phi) is 42.4. The van der Waals surface area contributed by atoms with Crippen molar-refractivity contribution >= 4 is 19.7 Å². The van der Waals surface area contributed by atoms with E-state index in [2.05, 4.69) is 55.6 Å². The maximum Gasteiger partial charge on any atom is 0.472 e. The van der Waals surface area contributed by atoms with Crippen LogP contribution in [0.25, 0.3) is 0 Å². The molecule has 9 nitrogen and oxygen atoms in total. The first-order valence-electron chi connectivity index (χ1n) is 23.5. The van der Waals surface area contributed by atoms with E-state index in [4.69, 9.17) is 13.8 Å². The molecule has 0 aromatic heterocycles. The molecule has 0 saturated carbocycles. The molecule has 57 heavy (non-hydrogen) atoms. The van der Waals surface area contributed by atoms with Gasteiger partial charge < -0.3 is 20.1 Å². The number of carbonyl (C=O) groups excluding carboxylic acids is 2. The molecule has 0 bridgehead atoms. The Hall–Kier alpha value is -1.77. The minimum absolute atomic E-state index is 0.0805. The quantitative estimate of drug-likeness (QED) is 0.0239. The second-order valence-electron chi connectivity index (χ2n) is 15.7. The minimum Gasteiger partial charge on any atom is -0.463 e. The van der Waals surface area contributed by atoms with Crippen molar-refractivity contribution in [3.05, 3.63) is 36.5 Å². The third-order valence-electron chi connectivity index (χ3n) is 10.1. The molecule has 0 aromatic rings. The molecule has 2 atom stereocenters. The summed E-state index contributed by atoms with van der Waals surface area (Å²) in [6.45, 7) is 3.54. The van der Waals surface area contributed by atoms with Gasteiger partial charge in [-0.1, -0.05) is 192 Å². The lowest BCUT2D eigenvalue weighted by molar-refractivity contribution is -0.147. The highest BCUT2D eigenvalue weighted by molar-refractivity contribution is 7.47. The zero-order valence-corrected chi connectivity index (χ0v) is 37.7. The van der Waals surface area contributed by atoms with E-state index in [0.717, 1.165) is 51.4 Å². The Balaban J connectivity index is 3.56. The van der Waals surface area contributed by atoms with Crippen LogP contribution in [-0.4, -0.2) is 54.3 Å². The molecular formula is C47H88NO8P. The summed E-state index contributed by atoms with van der Waals surface area (Å²) in [7, 11) is -4.42. The predicted molar refractivity (Wildman–Crippen MR) is 238 cm³/mol. The van der Waals surface area contributed by atoms with Gasteiger partial charge in [0.1, 0.15) is 12.7 Å². The number of aliphatic hydroxyl groups is 1. The lowest BCUT2D eigenvalue weighted by Crippen LogP contribution is -2.27. The van der Waals surface area contributed by atoms with Crippen LogP contribution < -0.4 is 5.32 Å². The lowest BCUT2D eigenvalue weighted by Gasteiger charge is -2.15. The topological polar surface area (TPSA) is 131 Å². The number of ether oxygens (including phenoxy) is 1. The standard InChI is InChI=1S/C47H88NO8P/c1-3-5-7-9-11-13-15-17-18-19-20-21-22-23-24-25-26-28-29-31-33-35-37-39-46(50)48-41-42-55-57(52,53)56-44-45(49)43-54-47(51)40-38-36-34-32-30-27-16-14-12-10-8-6-4-2/h11,13,17-18,20-21,45,49H,3-10,12,14-16,19,22-44H2,1-2H3,(H,48,50)(H,52,53)/b13-11-,18-17-,21-20-. The average Bonchev–Trinajstić information content (AvgIpc) is 3.20. The van der Waals surface area contributed by atoms with Gasteiger partial charge in [-0.05, 0) is 51.4 Å². The number of phosphoric acid groups is 1. The largest absolute Gasteiger partial charge is 0.472 e. The highest BCUT2D eigenvalue weighted by Crippen LogP contribution is 2.42. The van der Waals surface area contributed by atoms with Crippen LogP contribution in [-0.2, 0) is 27.9 Å². The lowest BCUT2D eigenvalue weighted by atomic mass is 10.0. The molecule has 2 unspecified atom stereocenters. The number of allylic oxidation sites excluding steroid dienone is 6. The first kappa shape index (κ1) is 55.2. The molecule has 0 aliphatic rings. The van der Waals surface area contributed by atoms with Crippen LogP contribution in [0, 0.1) is 0 Å². The summed E-state index contributed by atoms with van der Waals surface area (Å²) < 4.78 is 26.9. The Bertz CT molecular complexity index is 1030. The van der Waals surface area contributed by atoms with E-state index < -0.39 is 26.5 Å². The highest BCUT2D eigenvalue weighted by atomic mass is 31.2. The number of amides is 1. The number of unbranched alkanes of at least 4 members (excludes halogenated alkanes) is 25. The van der Waals surface area contributed by atoms with Crippen LogP contribution in [0.5, 0.6) is 0 Å². The number of esters is 1. The van der Waals surface area contributed by atoms with Crippen molar-refractivity contribution in [2.24, 2.45) is 0 Å². The molecule has 0 radical (unpaired) electrons. The number of rotatable bonds is 44. The highest BCUT2D eigenvalue weighted by Gasteiger charge is 2.23. The Morgan fingerprint density at radius 1 is 0.544 bits per heavy atom. The molecular weight excluding hydrogens is 737 g/mol. The van der Waals surface area contributed by atoms with Crippen molar-refractivity contribution in [3.8, 4) is 0 Å². The maximum atomic E-state index is 12.1. The summed E-state index contributed by atoms with van der Waals surface area (Å²) in [5.74, 6) is -0.515. The molecule has 334 valence electrons. The van der Waals surface area contributed by atoms with Crippen LogP contribution in [0.15, 0.2) is 36.5 Å². The third kappa shape index (κ3) is 45.2. The molecule has 0 heterocycles. The molecule has 0 rings (SSSR count). The fourth-order valence-corrected chi connectivity index (χ4v) is 7.26. The normalized spacial score (nSPS) is 13.5. The van der Waals surface area contributed by atoms with Crippen LogP contribution in [0.4, 0.5) is 0 Å². The van der Waals surface area contributed by atoms with E-state index >= 15 is 0 Å². The van der Waals surface area contributed by atoms with Crippen molar-refractivity contribution in [3.63, 3.8) is 0 Å². The number of aliphatic hydroxyl groups excluding tert-OH is 1. The fraction of sp³-hybridized carbons (Fsp3) is 0.830. The van der Waals surface area contributed by atoms with Gasteiger partial charge in [0.05, 0.1) is 13.2 Å². The Morgan fingerprint density at radius 3 is 1.46 bits per heavy atom. The van der Waals surface area contributed by atoms with Gasteiger partial charge >= 0.3 is 13.8 Å². The summed E-state index contributed by atoms with van der Waals surface area (Å²) in [5.41, 5.74) is 0. The molecule has 0 aliphatic heterocycles. The van der Waals surface area contributed by atoms with Gasteiger partial charge in [-0.25, -0.2) is 4.57 Å². The van der Waals surface area contributed by atoms with Gasteiger partial charge in [0.25, 0.3) is 0 Å². The van der Waals surface area contributed by atoms with Crippen molar-refractivity contribution in [2.45, 2.75) is 225 Å². The zero-order chi connectivity index (χ0) is 41.8. The fourth-order valence-electron chi connectivity index (χ4n) is 6.51. The van der Waals surface area contributed by atoms with Crippen LogP contribution in [0.1, 0.15) is 219 Å². The molecule has 0 aromatic carbocycles. The monoisotopic (exact) mass is 826 g/mol. The third-order valence-corrected chi connectivity index (χ3v) is 11.1. The first-order valence-corrected chi connectivity index (χ1v) is 25.0. The van der Waals surface area contributed by atoms with Gasteiger partial charge in [-0.15, -0.1) is 0 Å². The van der Waals surface area contributed by atoms with Gasteiger partial charge in [0, 0.05) is 19.4 Å². The summed E-state index contributed by atoms with van der Waals surface area (Å²) in [6, 6.07) is 0. The molecule has 1 amide bonds. The summed E-state index contributed by atoms with van der Waals surface area (Å²) >= 11 is 0. The van der Waals surface area contributed by atoms with E-state index in [-0.39, 0.29) is 32.1 Å². The Labute approximate surface area is 350 Å². The second-order valence-corrected chi connectivity index (χ2v) is 17.2. The van der Waals surface area contributed by atoms with Crippen LogP contribution in [0.2, 0.25) is 0 Å². The second kappa shape index (κ2) is 43.8. The number of nitrogens with one attached hydrogen (secondary N) is 1. The molecule has 0 aliphatic carbocycles. The number of carbonyl (C=O) groups is 2. The van der Waals surface area contributed by atoms with E-state index in [1.54, 1.807) is 0 Å². The number of hydrogen-bond acceptors (Lipinski definition) is 7. The molecule has 3 N–H and O–H groups in total. The van der Waals surface area contributed by atoms with E-state index in [1.165, 1.54) is 141 Å². The van der Waals surface area contributed by atoms with Crippen molar-refractivity contribution < 1.29 is 37.9 Å². The number of hydrogen-bond donors (Lipinski definition) is 3. The zero-order valence-electron chi connectivity index (χ0n) is 36.8. The van der Waals surface area contributed by atoms with E-state index in [1.807, 2.05) is 0 Å². The van der Waals surface area contributed by atoms with Crippen molar-refractivity contribution in [1.29, 1.82) is 0 Å². The molecule has 10 heteroatoms. The van der Waals surface area contributed by atoms with Gasteiger partial charge in [-0.3, -0.25) is 18.6 Å². The van der Waals surface area contributed by atoms with Crippen LogP contribution in [0.3, 0.4) is 0 Å². The average molecular weight is 826 g/mol. The number of phosphoric ester groups is 1. The molecule has 0 spiro atoms. The summed E-state index contributed by atoms with van der Waals surface area (Å²) in [6.07, 6.45) is 49.3. The minimum atomic E-state index is -4.42. The Morgan fingerprint density at radius 2 is 0.947 bits per heavy atom. The van der Waals surface area contributed by atoms with Gasteiger partial charge in [0.15, 0.2) is 0 Å². The van der Waals surface area contributed by atoms with E-state index in [9.17, 15) is 24.2 Å². The first-order chi connectivity index (χ1) is 27.8. The summed E-state index contributed by atoms with van der Waals surface area (Å²) in [4.78, 5) is 33.9. The van der Waals surface area contributed by atoms with E-state index in [0.29, 0.717) is 6.42 Å². The smallest absolute Gasteiger partial charge is 0.463 e. The molecule has 0 saturated heterocycles. The van der Waals surface area contributed by atoms with Gasteiger partial charge in [-0.2, -0.15) is 0 Å². The summed E-state index contributed by atoms with van der Waals surface area (Å²) in [5, 5.41) is 12.7. The maximum absolute atomic E-state index is 12.1. The van der Waals surface area contributed by atoms with Crippen LogP contribution >= 0.6 is 7.82 Å². The molecule has 0 fully saturated rings. The van der Waals surface area contributed by atoms with Gasteiger partial charge in [0.2, 0.25) is 5.91 Å². The van der Waals surface area contributed by atoms with Crippen molar-refractivity contribution in [2.75, 3.05) is 26.4 Å². The predicted octanol–water partition coefficient (Wildman–Crippen LogP) is 13.3. The van der Waals surface area contributed by atoms with Crippen molar-refractivity contribution in [1.82, 2.24) is 5.32 Å². The SMILES string of the molecule is CCCCC/C=C\C/C=C\C/C=C\CCCCCCCCCCCCC(=O)NCCOP(=O)(O)OCC(O)COC(=O)CCCCCCCCCCCCCCC.